The summed E-state index contributed by atoms with van der Waals surface area (Å²) >= 11 is 0. The number of primary amides is 1. The number of nitrogens with one attached hydrogen (secondary N) is 1. The van der Waals surface area contributed by atoms with Gasteiger partial charge < -0.3 is 16.2 Å². The van der Waals surface area contributed by atoms with Gasteiger partial charge in [-0.15, -0.1) is 0 Å². The van der Waals surface area contributed by atoms with Gasteiger partial charge in [0.15, 0.2) is 5.82 Å². The van der Waals surface area contributed by atoms with Crippen LogP contribution in [0.25, 0.3) is 5.52 Å². The molecule has 0 fully saturated rings. The van der Waals surface area contributed by atoms with E-state index in [2.05, 4.69) is 36.2 Å². The Morgan fingerprint density at radius 3 is 2.85 bits per heavy atom. The van der Waals surface area contributed by atoms with E-state index in [9.17, 15) is 9.90 Å². The molecule has 0 saturated carbocycles. The van der Waals surface area contributed by atoms with Gasteiger partial charge in [-0.3, -0.25) is 4.79 Å². The maximum Gasteiger partial charge on any atom is 0.248 e. The Labute approximate surface area is 116 Å². The first-order valence-electron chi connectivity index (χ1n) is 6.35. The molecule has 2 aromatic rings. The van der Waals surface area contributed by atoms with Crippen LogP contribution in [0, 0.1) is 0 Å². The fourth-order valence-corrected chi connectivity index (χ4v) is 1.72. The van der Waals surface area contributed by atoms with E-state index < -0.39 is 12.0 Å². The van der Waals surface area contributed by atoms with Crippen molar-refractivity contribution < 1.29 is 9.90 Å². The highest BCUT2D eigenvalue weighted by Crippen LogP contribution is 2.24. The van der Waals surface area contributed by atoms with Gasteiger partial charge in [0.25, 0.3) is 0 Å². The number of aliphatic hydroxyl groups is 1. The summed E-state index contributed by atoms with van der Waals surface area (Å²) in [5.74, 6) is -0.218. The number of carbonyl (C=O) groups is 1. The number of amides is 1. The highest BCUT2D eigenvalue weighted by atomic mass is 16.3. The van der Waals surface area contributed by atoms with Crippen molar-refractivity contribution in [2.24, 2.45) is 5.73 Å². The lowest BCUT2D eigenvalue weighted by Crippen LogP contribution is -2.34. The van der Waals surface area contributed by atoms with Gasteiger partial charge in [-0.05, 0) is 6.07 Å². The summed E-state index contributed by atoms with van der Waals surface area (Å²) in [6.45, 7) is 6.24. The topological polar surface area (TPSA) is 106 Å². The molecule has 2 aromatic heterocycles. The molecule has 1 atom stereocenters. The van der Waals surface area contributed by atoms with Gasteiger partial charge in [0.05, 0.1) is 12.2 Å². The summed E-state index contributed by atoms with van der Waals surface area (Å²) in [5, 5.41) is 16.8. The average Bonchev–Trinajstić information content (AvgIpc) is 2.79. The third-order valence-electron chi connectivity index (χ3n) is 2.95. The van der Waals surface area contributed by atoms with Crippen molar-refractivity contribution in [3.8, 4) is 0 Å². The number of carbonyl (C=O) groups excluding carboxylic acids is 1. The second-order valence-corrected chi connectivity index (χ2v) is 5.68. The zero-order valence-electron chi connectivity index (χ0n) is 11.8. The van der Waals surface area contributed by atoms with Gasteiger partial charge in [0.2, 0.25) is 5.91 Å². The fourth-order valence-electron chi connectivity index (χ4n) is 1.72. The van der Waals surface area contributed by atoms with Gasteiger partial charge in [0.1, 0.15) is 11.6 Å². The zero-order chi connectivity index (χ0) is 14.9. The lowest BCUT2D eigenvalue weighted by molar-refractivity contribution is -0.125. The van der Waals surface area contributed by atoms with Crippen molar-refractivity contribution >= 4 is 17.2 Å². The average molecular weight is 277 g/mol. The minimum atomic E-state index is -1.25. The second kappa shape index (κ2) is 5.09. The Morgan fingerprint density at radius 1 is 1.55 bits per heavy atom. The highest BCUT2D eigenvalue weighted by Gasteiger charge is 2.19. The molecule has 0 aliphatic heterocycles. The van der Waals surface area contributed by atoms with E-state index in [-0.39, 0.29) is 12.0 Å². The summed E-state index contributed by atoms with van der Waals surface area (Å²) < 4.78 is 1.71. The highest BCUT2D eigenvalue weighted by molar-refractivity contribution is 5.79. The SMILES string of the molecule is CC(C)(C)c1cc2c(NCC(O)C(N)=O)nccn2n1. The molecule has 7 heteroatoms. The molecule has 0 spiro atoms. The van der Waals surface area contributed by atoms with E-state index in [4.69, 9.17) is 5.73 Å². The molecule has 2 rings (SSSR count). The molecule has 0 aliphatic rings. The summed E-state index contributed by atoms with van der Waals surface area (Å²) in [4.78, 5) is 15.0. The summed E-state index contributed by atoms with van der Waals surface area (Å²) in [5.41, 5.74) is 6.65. The Bertz CT molecular complexity index is 629. The second-order valence-electron chi connectivity index (χ2n) is 5.68. The summed E-state index contributed by atoms with van der Waals surface area (Å²) in [6, 6.07) is 1.94. The van der Waals surface area contributed by atoms with Crippen molar-refractivity contribution in [2.45, 2.75) is 32.3 Å². The number of hydrogen-bond acceptors (Lipinski definition) is 5. The minimum absolute atomic E-state index is 0.0119. The molecule has 1 amide bonds. The van der Waals surface area contributed by atoms with Crippen molar-refractivity contribution in [1.82, 2.24) is 14.6 Å². The maximum absolute atomic E-state index is 10.8. The molecular weight excluding hydrogens is 258 g/mol. The van der Waals surface area contributed by atoms with Gasteiger partial charge in [-0.2, -0.15) is 5.10 Å². The molecule has 7 nitrogen and oxygen atoms in total. The quantitative estimate of drug-likeness (QED) is 0.744. The molecule has 4 N–H and O–H groups in total. The lowest BCUT2D eigenvalue weighted by Gasteiger charge is -2.13. The molecule has 20 heavy (non-hydrogen) atoms. The molecule has 2 heterocycles. The predicted molar refractivity (Wildman–Crippen MR) is 75.4 cm³/mol. The van der Waals surface area contributed by atoms with Gasteiger partial charge in [-0.25, -0.2) is 9.50 Å². The van der Waals surface area contributed by atoms with Crippen molar-refractivity contribution in [3.63, 3.8) is 0 Å². The predicted octanol–water partition coefficient (Wildman–Crippen LogP) is 0.285. The molecule has 0 aromatic carbocycles. The molecule has 0 aliphatic carbocycles. The van der Waals surface area contributed by atoms with E-state index in [0.717, 1.165) is 11.2 Å². The van der Waals surface area contributed by atoms with E-state index in [1.54, 1.807) is 16.9 Å². The summed E-state index contributed by atoms with van der Waals surface area (Å²) in [7, 11) is 0. The smallest absolute Gasteiger partial charge is 0.248 e. The molecule has 0 radical (unpaired) electrons. The molecule has 1 unspecified atom stereocenters. The van der Waals surface area contributed by atoms with Crippen LogP contribution in [0.2, 0.25) is 0 Å². The van der Waals surface area contributed by atoms with Gasteiger partial charge in [0, 0.05) is 17.8 Å². The zero-order valence-corrected chi connectivity index (χ0v) is 11.8. The van der Waals surface area contributed by atoms with Crippen LogP contribution in [0.1, 0.15) is 26.5 Å². The minimum Gasteiger partial charge on any atom is -0.381 e. The number of hydrogen-bond donors (Lipinski definition) is 3. The first-order chi connectivity index (χ1) is 9.29. The van der Waals surface area contributed by atoms with Crippen LogP contribution in [0.5, 0.6) is 0 Å². The normalized spacial score (nSPS) is 13.4. The van der Waals surface area contributed by atoms with Gasteiger partial charge in [-0.1, -0.05) is 20.8 Å². The molecule has 0 saturated heterocycles. The Balaban J connectivity index is 2.30. The molecule has 0 bridgehead atoms. The Kier molecular flexibility index (Phi) is 3.63. The monoisotopic (exact) mass is 277 g/mol. The fraction of sp³-hybridized carbons (Fsp3) is 0.462. The Hall–Kier alpha value is -2.15. The largest absolute Gasteiger partial charge is 0.381 e. The molecular formula is C13H19N5O2. The number of anilines is 1. The first kappa shape index (κ1) is 14.3. The van der Waals surface area contributed by atoms with Crippen LogP contribution in [-0.2, 0) is 10.2 Å². The van der Waals surface area contributed by atoms with Gasteiger partial charge >= 0.3 is 0 Å². The Morgan fingerprint density at radius 2 is 2.25 bits per heavy atom. The van der Waals surface area contributed by atoms with Crippen LogP contribution in [-0.4, -0.2) is 38.3 Å². The maximum atomic E-state index is 10.8. The third kappa shape index (κ3) is 2.88. The van der Waals surface area contributed by atoms with Crippen molar-refractivity contribution in [2.75, 3.05) is 11.9 Å². The standard InChI is InChI=1S/C13H19N5O2/c1-13(2,3)10-6-8-12(15-4-5-18(8)17-10)16-7-9(19)11(14)20/h4-6,9,19H,7H2,1-3H3,(H2,14,20)(H,15,16). The van der Waals surface area contributed by atoms with E-state index in [1.165, 1.54) is 0 Å². The van der Waals surface area contributed by atoms with Crippen molar-refractivity contribution in [3.05, 3.63) is 24.2 Å². The number of nitrogens with zero attached hydrogens (tertiary/aromatic N) is 3. The van der Waals surface area contributed by atoms with Crippen LogP contribution >= 0.6 is 0 Å². The summed E-state index contributed by atoms with van der Waals surface area (Å²) in [6.07, 6.45) is 2.10. The third-order valence-corrected chi connectivity index (χ3v) is 2.95. The number of fused-ring (bicyclic) bond motifs is 1. The van der Waals surface area contributed by atoms with Crippen LogP contribution < -0.4 is 11.1 Å². The van der Waals surface area contributed by atoms with Crippen LogP contribution in [0.15, 0.2) is 18.5 Å². The number of aliphatic hydroxyl groups excluding tert-OH is 1. The van der Waals surface area contributed by atoms with E-state index >= 15 is 0 Å². The first-order valence-corrected chi connectivity index (χ1v) is 6.35. The number of nitrogens with two attached hydrogens (primary N) is 1. The number of aromatic nitrogens is 3. The van der Waals surface area contributed by atoms with E-state index in [0.29, 0.717) is 5.82 Å². The van der Waals surface area contributed by atoms with Crippen LogP contribution in [0.3, 0.4) is 0 Å². The van der Waals surface area contributed by atoms with E-state index in [1.807, 2.05) is 6.07 Å². The molecule has 108 valence electrons. The van der Waals surface area contributed by atoms with Crippen LogP contribution in [0.4, 0.5) is 5.82 Å². The lowest BCUT2D eigenvalue weighted by atomic mass is 9.92. The number of rotatable bonds is 4. The van der Waals surface area contributed by atoms with Crippen molar-refractivity contribution in [1.29, 1.82) is 0 Å².